The van der Waals surface area contributed by atoms with Gasteiger partial charge in [-0.15, -0.1) is 0 Å². The van der Waals surface area contributed by atoms with E-state index in [9.17, 15) is 14.4 Å². The van der Waals surface area contributed by atoms with Crippen molar-refractivity contribution < 1.29 is 14.4 Å². The molecule has 0 aliphatic carbocycles. The van der Waals surface area contributed by atoms with E-state index in [0.717, 1.165) is 17.0 Å². The second kappa shape index (κ2) is 7.40. The van der Waals surface area contributed by atoms with Crippen LogP contribution < -0.4 is 10.7 Å². The van der Waals surface area contributed by atoms with Crippen molar-refractivity contribution in [3.8, 4) is 0 Å². The zero-order valence-electron chi connectivity index (χ0n) is 17.2. The number of hydrogen-bond acceptors (Lipinski definition) is 5. The lowest BCUT2D eigenvalue weighted by atomic mass is 9.94. The summed E-state index contributed by atoms with van der Waals surface area (Å²) in [5, 5.41) is 7.50. The molecule has 2 N–H and O–H groups in total. The van der Waals surface area contributed by atoms with E-state index >= 15 is 0 Å². The number of carbonyl (C=O) groups excluding carboxylic acids is 3. The Kier molecular flexibility index (Phi) is 4.89. The molecule has 2 aliphatic heterocycles. The molecule has 2 aromatic rings. The highest BCUT2D eigenvalue weighted by atomic mass is 16.2. The Labute approximate surface area is 175 Å². The highest BCUT2D eigenvalue weighted by Gasteiger charge is 2.43. The summed E-state index contributed by atoms with van der Waals surface area (Å²) in [7, 11) is 0. The maximum absolute atomic E-state index is 12.8. The summed E-state index contributed by atoms with van der Waals surface area (Å²) in [6.45, 7) is 6.13. The number of fused-ring (bicyclic) bond motifs is 1. The van der Waals surface area contributed by atoms with E-state index in [1.54, 1.807) is 24.3 Å². The van der Waals surface area contributed by atoms with Gasteiger partial charge in [-0.25, -0.2) is 5.43 Å². The van der Waals surface area contributed by atoms with Crippen LogP contribution in [0.5, 0.6) is 0 Å². The average molecular weight is 404 g/mol. The van der Waals surface area contributed by atoms with Crippen LogP contribution in [0.3, 0.4) is 0 Å². The number of hydrazone groups is 1. The number of imide groups is 1. The third-order valence-electron chi connectivity index (χ3n) is 5.56. The van der Waals surface area contributed by atoms with Crippen LogP contribution in [-0.2, 0) is 4.79 Å². The van der Waals surface area contributed by atoms with E-state index in [2.05, 4.69) is 15.8 Å². The molecule has 30 heavy (non-hydrogen) atoms. The van der Waals surface area contributed by atoms with Gasteiger partial charge in [0, 0.05) is 24.6 Å². The van der Waals surface area contributed by atoms with E-state index < -0.39 is 5.54 Å². The van der Waals surface area contributed by atoms with Crippen molar-refractivity contribution in [2.75, 3.05) is 11.9 Å². The van der Waals surface area contributed by atoms with Gasteiger partial charge in [-0.05, 0) is 43.7 Å². The molecule has 2 aromatic carbocycles. The summed E-state index contributed by atoms with van der Waals surface area (Å²) in [6, 6.07) is 14.7. The molecule has 0 unspecified atom stereocenters. The topological polar surface area (TPSA) is 90.9 Å². The first-order valence-electron chi connectivity index (χ1n) is 9.96. The minimum absolute atomic E-state index is 0.0605. The van der Waals surface area contributed by atoms with Gasteiger partial charge >= 0.3 is 0 Å². The van der Waals surface area contributed by atoms with Crippen molar-refractivity contribution in [2.45, 2.75) is 32.7 Å². The van der Waals surface area contributed by atoms with E-state index in [0.29, 0.717) is 24.1 Å². The van der Waals surface area contributed by atoms with Gasteiger partial charge in [0.25, 0.3) is 11.8 Å². The Balaban J connectivity index is 1.45. The molecule has 7 nitrogen and oxygen atoms in total. The molecule has 7 heteroatoms. The average Bonchev–Trinajstić information content (AvgIpc) is 2.98. The molecule has 4 rings (SSSR count). The molecule has 0 spiro atoms. The van der Waals surface area contributed by atoms with Gasteiger partial charge in [-0.2, -0.15) is 5.10 Å². The van der Waals surface area contributed by atoms with E-state index in [4.69, 9.17) is 0 Å². The summed E-state index contributed by atoms with van der Waals surface area (Å²) in [5.74, 6) is -0.529. The second-order valence-electron chi connectivity index (χ2n) is 8.37. The first-order chi connectivity index (χ1) is 14.3. The lowest BCUT2D eigenvalue weighted by Gasteiger charge is -2.34. The van der Waals surface area contributed by atoms with Crippen molar-refractivity contribution in [1.29, 1.82) is 0 Å². The van der Waals surface area contributed by atoms with Crippen LogP contribution in [0.25, 0.3) is 0 Å². The van der Waals surface area contributed by atoms with E-state index in [-0.39, 0.29) is 23.6 Å². The molecule has 154 valence electrons. The molecule has 2 aliphatic rings. The van der Waals surface area contributed by atoms with Crippen LogP contribution in [-0.4, -0.2) is 40.4 Å². The molecule has 0 fully saturated rings. The SMILES string of the molecule is C[C@H]1CC(=O)NN=C1c1ccc(NCC(C)(C)N2C(=O)c3ccccc3C2=O)cc1. The molecule has 0 bridgehead atoms. The number of carbonyl (C=O) groups is 3. The molecular formula is C23H24N4O3. The fourth-order valence-corrected chi connectivity index (χ4v) is 3.90. The second-order valence-corrected chi connectivity index (χ2v) is 8.37. The largest absolute Gasteiger partial charge is 0.383 e. The number of hydrogen-bond donors (Lipinski definition) is 2. The van der Waals surface area contributed by atoms with Crippen LogP contribution in [0, 0.1) is 5.92 Å². The first-order valence-corrected chi connectivity index (χ1v) is 9.96. The predicted molar refractivity (Wildman–Crippen MR) is 114 cm³/mol. The maximum atomic E-state index is 12.8. The molecule has 0 saturated heterocycles. The highest BCUT2D eigenvalue weighted by Crippen LogP contribution is 2.29. The van der Waals surface area contributed by atoms with Crippen molar-refractivity contribution >= 4 is 29.1 Å². The minimum Gasteiger partial charge on any atom is -0.383 e. The fourth-order valence-electron chi connectivity index (χ4n) is 3.90. The van der Waals surface area contributed by atoms with Crippen LogP contribution >= 0.6 is 0 Å². The van der Waals surface area contributed by atoms with Gasteiger partial charge in [0.05, 0.1) is 22.4 Å². The number of rotatable bonds is 5. The Hall–Kier alpha value is -3.48. The Morgan fingerprint density at radius 1 is 1.03 bits per heavy atom. The van der Waals surface area contributed by atoms with E-state index in [1.165, 1.54) is 4.90 Å². The van der Waals surface area contributed by atoms with Crippen LogP contribution in [0.1, 0.15) is 53.5 Å². The maximum Gasteiger partial charge on any atom is 0.262 e. The highest BCUT2D eigenvalue weighted by molar-refractivity contribution is 6.21. The lowest BCUT2D eigenvalue weighted by Crippen LogP contribution is -2.51. The van der Waals surface area contributed by atoms with Gasteiger partial charge < -0.3 is 5.32 Å². The molecule has 2 heterocycles. The molecule has 1 atom stereocenters. The number of benzene rings is 2. The molecule has 0 radical (unpaired) electrons. The quantitative estimate of drug-likeness (QED) is 0.750. The van der Waals surface area contributed by atoms with Crippen LogP contribution in [0.4, 0.5) is 5.69 Å². The predicted octanol–water partition coefficient (Wildman–Crippen LogP) is 3.03. The molecule has 3 amide bonds. The molecular weight excluding hydrogens is 380 g/mol. The summed E-state index contributed by atoms with van der Waals surface area (Å²) in [4.78, 5) is 38.3. The summed E-state index contributed by atoms with van der Waals surface area (Å²) >= 11 is 0. The van der Waals surface area contributed by atoms with Crippen molar-refractivity contribution in [1.82, 2.24) is 10.3 Å². The standard InChI is InChI=1S/C23H24N4O3/c1-14-12-19(28)25-26-20(14)15-8-10-16(11-9-15)24-13-23(2,3)27-21(29)17-6-4-5-7-18(17)22(27)30/h4-11,14,24H,12-13H2,1-3H3,(H,25,28)/t14-/m0/s1. The van der Waals surface area contributed by atoms with Gasteiger partial charge in [-0.1, -0.05) is 31.2 Å². The third kappa shape index (κ3) is 3.47. The van der Waals surface area contributed by atoms with Gasteiger partial charge in [0.15, 0.2) is 0 Å². The number of amides is 3. The summed E-state index contributed by atoms with van der Waals surface area (Å²) < 4.78 is 0. The van der Waals surface area contributed by atoms with Crippen molar-refractivity contribution in [3.63, 3.8) is 0 Å². The normalized spacial score (nSPS) is 18.8. The fraction of sp³-hybridized carbons (Fsp3) is 0.304. The zero-order chi connectivity index (χ0) is 21.5. The lowest BCUT2D eigenvalue weighted by molar-refractivity contribution is -0.121. The smallest absolute Gasteiger partial charge is 0.262 e. The van der Waals surface area contributed by atoms with Gasteiger partial charge in [0.2, 0.25) is 5.91 Å². The van der Waals surface area contributed by atoms with Crippen LogP contribution in [0.2, 0.25) is 0 Å². The van der Waals surface area contributed by atoms with Crippen molar-refractivity contribution in [2.24, 2.45) is 11.0 Å². The van der Waals surface area contributed by atoms with Gasteiger partial charge in [-0.3, -0.25) is 19.3 Å². The monoisotopic (exact) mass is 404 g/mol. The molecule has 0 aromatic heterocycles. The summed E-state index contributed by atoms with van der Waals surface area (Å²) in [6.07, 6.45) is 0.424. The number of nitrogens with one attached hydrogen (secondary N) is 2. The zero-order valence-corrected chi connectivity index (χ0v) is 17.2. The van der Waals surface area contributed by atoms with Gasteiger partial charge in [0.1, 0.15) is 0 Å². The third-order valence-corrected chi connectivity index (χ3v) is 5.56. The number of anilines is 1. The Morgan fingerprint density at radius 3 is 2.20 bits per heavy atom. The Bertz CT molecular complexity index is 1020. The van der Waals surface area contributed by atoms with Crippen molar-refractivity contribution in [3.05, 3.63) is 65.2 Å². The summed E-state index contributed by atoms with van der Waals surface area (Å²) in [5.41, 5.74) is 5.41. The number of nitrogens with zero attached hydrogens (tertiary/aromatic N) is 2. The Morgan fingerprint density at radius 2 is 1.63 bits per heavy atom. The molecule has 0 saturated carbocycles. The first kappa shape index (κ1) is 19.8. The van der Waals surface area contributed by atoms with E-state index in [1.807, 2.05) is 45.0 Å². The van der Waals surface area contributed by atoms with Crippen LogP contribution in [0.15, 0.2) is 53.6 Å². The minimum atomic E-state index is -0.710.